The molecule has 0 heterocycles. The van der Waals surface area contributed by atoms with Gasteiger partial charge in [0.25, 0.3) is 0 Å². The van der Waals surface area contributed by atoms with Crippen LogP contribution in [0, 0.1) is 0 Å². The molecule has 0 aliphatic heterocycles. The van der Waals surface area contributed by atoms with Crippen molar-refractivity contribution in [3.05, 3.63) is 85.1 Å². The number of ether oxygens (including phenoxy) is 3. The van der Waals surface area contributed by atoms with Gasteiger partial charge in [0.15, 0.2) is 6.10 Å². The van der Waals surface area contributed by atoms with Crippen LogP contribution in [0.15, 0.2) is 85.1 Å². The molecule has 0 aliphatic rings. The molecule has 0 bridgehead atoms. The van der Waals surface area contributed by atoms with Gasteiger partial charge in [-0.1, -0.05) is 279 Å². The summed E-state index contributed by atoms with van der Waals surface area (Å²) in [7, 11) is 0. The van der Waals surface area contributed by atoms with Gasteiger partial charge in [-0.25, -0.2) is 0 Å². The first kappa shape index (κ1) is 72.6. The summed E-state index contributed by atoms with van der Waals surface area (Å²) < 4.78 is 16.9. The van der Waals surface area contributed by atoms with Gasteiger partial charge in [-0.3, -0.25) is 14.4 Å². The van der Waals surface area contributed by atoms with E-state index in [4.69, 9.17) is 14.2 Å². The van der Waals surface area contributed by atoms with Gasteiger partial charge < -0.3 is 14.2 Å². The predicted octanol–water partition coefficient (Wildman–Crippen LogP) is 22.3. The van der Waals surface area contributed by atoms with Crippen molar-refractivity contribution >= 4 is 17.9 Å². The van der Waals surface area contributed by atoms with E-state index in [-0.39, 0.29) is 31.1 Å². The molecular formula is C70H122O6. The van der Waals surface area contributed by atoms with E-state index in [2.05, 4.69) is 106 Å². The second-order valence-corrected chi connectivity index (χ2v) is 21.6. The fourth-order valence-electron chi connectivity index (χ4n) is 9.21. The molecule has 0 amide bonds. The molecule has 0 radical (unpaired) electrons. The number of unbranched alkanes of at least 4 members (excludes halogenated alkanes) is 34. The maximum absolute atomic E-state index is 12.9. The zero-order chi connectivity index (χ0) is 55.0. The third-order valence-corrected chi connectivity index (χ3v) is 14.1. The molecule has 0 saturated carbocycles. The van der Waals surface area contributed by atoms with Crippen molar-refractivity contribution in [1.29, 1.82) is 0 Å². The number of esters is 3. The van der Waals surface area contributed by atoms with E-state index in [1.165, 1.54) is 161 Å². The summed E-state index contributed by atoms with van der Waals surface area (Å²) in [6.45, 7) is 6.48. The molecular weight excluding hydrogens is 937 g/mol. The fraction of sp³-hybridized carbons (Fsp3) is 0.757. The predicted molar refractivity (Wildman–Crippen MR) is 330 cm³/mol. The smallest absolute Gasteiger partial charge is 0.306 e. The summed E-state index contributed by atoms with van der Waals surface area (Å²) in [6.07, 6.45) is 84.6. The molecule has 0 spiro atoms. The Morgan fingerprint density at radius 3 is 0.855 bits per heavy atom. The SMILES string of the molecule is CC/C=C\C/C=C\C/C=C\C/C=C\CCCCCCC(=O)OC(COC(=O)CCCCCCC/C=C\C/C=C\CCCC)COC(=O)CCCCCCCCCCCCCCCCC/C=C\CCCCCCCCCC. The molecule has 438 valence electrons. The van der Waals surface area contributed by atoms with Gasteiger partial charge in [0, 0.05) is 19.3 Å². The van der Waals surface area contributed by atoms with Gasteiger partial charge in [0.2, 0.25) is 0 Å². The topological polar surface area (TPSA) is 78.9 Å². The van der Waals surface area contributed by atoms with Crippen LogP contribution in [0.5, 0.6) is 0 Å². The highest BCUT2D eigenvalue weighted by atomic mass is 16.6. The van der Waals surface area contributed by atoms with Crippen LogP contribution in [-0.2, 0) is 28.6 Å². The molecule has 0 aromatic rings. The monoisotopic (exact) mass is 1060 g/mol. The summed E-state index contributed by atoms with van der Waals surface area (Å²) in [4.78, 5) is 38.3. The number of rotatable bonds is 59. The van der Waals surface area contributed by atoms with Crippen LogP contribution in [0.4, 0.5) is 0 Å². The minimum Gasteiger partial charge on any atom is -0.462 e. The number of carbonyl (C=O) groups excluding carboxylic acids is 3. The minimum atomic E-state index is -0.796. The van der Waals surface area contributed by atoms with Crippen molar-refractivity contribution in [2.45, 2.75) is 329 Å². The van der Waals surface area contributed by atoms with E-state index in [0.29, 0.717) is 19.3 Å². The lowest BCUT2D eigenvalue weighted by atomic mass is 10.0. The quantitative estimate of drug-likeness (QED) is 0.0261. The molecule has 0 rings (SSSR count). The Kier molecular flexibility index (Phi) is 61.2. The first-order chi connectivity index (χ1) is 37.5. The fourth-order valence-corrected chi connectivity index (χ4v) is 9.21. The van der Waals surface area contributed by atoms with Crippen LogP contribution >= 0.6 is 0 Å². The molecule has 76 heavy (non-hydrogen) atoms. The van der Waals surface area contributed by atoms with Crippen LogP contribution < -0.4 is 0 Å². The number of hydrogen-bond acceptors (Lipinski definition) is 6. The lowest BCUT2D eigenvalue weighted by Gasteiger charge is -2.18. The highest BCUT2D eigenvalue weighted by Crippen LogP contribution is 2.17. The van der Waals surface area contributed by atoms with E-state index < -0.39 is 6.10 Å². The van der Waals surface area contributed by atoms with Crippen LogP contribution in [0.3, 0.4) is 0 Å². The molecule has 0 saturated heterocycles. The molecule has 1 atom stereocenters. The summed E-state index contributed by atoms with van der Waals surface area (Å²) in [5, 5.41) is 0. The average molecular weight is 1060 g/mol. The van der Waals surface area contributed by atoms with Crippen LogP contribution in [0.2, 0.25) is 0 Å². The maximum Gasteiger partial charge on any atom is 0.306 e. The summed E-state index contributed by atoms with van der Waals surface area (Å²) >= 11 is 0. The maximum atomic E-state index is 12.9. The highest BCUT2D eigenvalue weighted by Gasteiger charge is 2.19. The molecule has 0 aromatic heterocycles. The Morgan fingerprint density at radius 1 is 0.276 bits per heavy atom. The van der Waals surface area contributed by atoms with Crippen LogP contribution in [0.25, 0.3) is 0 Å². The van der Waals surface area contributed by atoms with E-state index in [0.717, 1.165) is 122 Å². The van der Waals surface area contributed by atoms with Crippen molar-refractivity contribution in [1.82, 2.24) is 0 Å². The number of allylic oxidation sites excluding steroid dienone is 14. The zero-order valence-electron chi connectivity index (χ0n) is 50.3. The second kappa shape index (κ2) is 64.1. The van der Waals surface area contributed by atoms with E-state index in [1.807, 2.05) is 0 Å². The molecule has 0 N–H and O–H groups in total. The van der Waals surface area contributed by atoms with Gasteiger partial charge in [0.05, 0.1) is 0 Å². The normalized spacial score (nSPS) is 12.6. The summed E-state index contributed by atoms with van der Waals surface area (Å²) in [5.41, 5.74) is 0. The highest BCUT2D eigenvalue weighted by molar-refractivity contribution is 5.71. The standard InChI is InChI=1S/C70H122O6/c1-4-7-10-13-16-19-22-25-28-30-31-32-33-34-35-36-37-38-39-41-42-45-48-51-54-57-60-63-69(72)75-66-67(65-74-68(71)62-59-56-53-50-47-44-27-24-21-18-15-12-9-6-3)76-70(73)64-61-58-55-52-49-46-43-40-29-26-23-20-17-14-11-8-5-2/h8,11,15,17-18,20,24,26-27,29-31,43,46,67H,4-7,9-10,12-14,16,19,21-23,25,28,32-42,44-45,47-66H2,1-3H3/b11-8-,18-15-,20-17-,27-24-,29-26-,31-30-,46-43-. The third-order valence-electron chi connectivity index (χ3n) is 14.1. The first-order valence-electron chi connectivity index (χ1n) is 32.6. The summed E-state index contributed by atoms with van der Waals surface area (Å²) in [6, 6.07) is 0. The second-order valence-electron chi connectivity index (χ2n) is 21.6. The lowest BCUT2D eigenvalue weighted by molar-refractivity contribution is -0.167. The molecule has 0 aromatic carbocycles. The van der Waals surface area contributed by atoms with Crippen molar-refractivity contribution in [3.63, 3.8) is 0 Å². The van der Waals surface area contributed by atoms with Crippen LogP contribution in [0.1, 0.15) is 323 Å². The Morgan fingerprint density at radius 2 is 0.526 bits per heavy atom. The Labute approximate surface area is 471 Å². The van der Waals surface area contributed by atoms with E-state index >= 15 is 0 Å². The minimum absolute atomic E-state index is 0.0896. The van der Waals surface area contributed by atoms with Gasteiger partial charge in [-0.15, -0.1) is 0 Å². The molecule has 6 heteroatoms. The molecule has 6 nitrogen and oxygen atoms in total. The lowest BCUT2D eigenvalue weighted by Crippen LogP contribution is -2.30. The molecule has 1 unspecified atom stereocenters. The summed E-state index contributed by atoms with van der Waals surface area (Å²) in [5.74, 6) is -0.917. The van der Waals surface area contributed by atoms with Crippen molar-refractivity contribution in [2.75, 3.05) is 13.2 Å². The van der Waals surface area contributed by atoms with Gasteiger partial charge in [-0.2, -0.15) is 0 Å². The average Bonchev–Trinajstić information content (AvgIpc) is 3.42. The van der Waals surface area contributed by atoms with Gasteiger partial charge in [0.1, 0.15) is 13.2 Å². The number of carbonyl (C=O) groups is 3. The van der Waals surface area contributed by atoms with E-state index in [9.17, 15) is 14.4 Å². The van der Waals surface area contributed by atoms with Crippen molar-refractivity contribution in [2.24, 2.45) is 0 Å². The molecule has 0 fully saturated rings. The third kappa shape index (κ3) is 61.4. The van der Waals surface area contributed by atoms with Gasteiger partial charge in [-0.05, 0) is 109 Å². The Bertz CT molecular complexity index is 1450. The number of hydrogen-bond donors (Lipinski definition) is 0. The van der Waals surface area contributed by atoms with Gasteiger partial charge >= 0.3 is 17.9 Å². The largest absolute Gasteiger partial charge is 0.462 e. The first-order valence-corrected chi connectivity index (χ1v) is 32.6. The van der Waals surface area contributed by atoms with Crippen molar-refractivity contribution in [3.8, 4) is 0 Å². The molecule has 0 aliphatic carbocycles. The Hall–Kier alpha value is -3.41. The van der Waals surface area contributed by atoms with Crippen molar-refractivity contribution < 1.29 is 28.6 Å². The Balaban J connectivity index is 4.29. The van der Waals surface area contributed by atoms with E-state index in [1.54, 1.807) is 0 Å². The van der Waals surface area contributed by atoms with Crippen LogP contribution in [-0.4, -0.2) is 37.2 Å². The zero-order valence-corrected chi connectivity index (χ0v) is 50.3.